The number of halogens is 2. The summed E-state index contributed by atoms with van der Waals surface area (Å²) in [7, 11) is 0. The Kier molecular flexibility index (Phi) is 7.60. The van der Waals surface area contributed by atoms with Crippen LogP contribution in [0.3, 0.4) is 0 Å². The highest BCUT2D eigenvalue weighted by molar-refractivity contribution is 6.29. The van der Waals surface area contributed by atoms with Gasteiger partial charge in [0.15, 0.2) is 0 Å². The molecule has 6 heterocycles. The van der Waals surface area contributed by atoms with Gasteiger partial charge in [-0.25, -0.2) is 9.97 Å². The molecule has 0 fully saturated rings. The van der Waals surface area contributed by atoms with Crippen LogP contribution in [0.2, 0.25) is 10.3 Å². The van der Waals surface area contributed by atoms with Crippen LogP contribution in [-0.4, -0.2) is 29.1 Å². The standard InChI is InChI=1S/C38H30Cl2N6/c39-33-15-13-25(23-43-33)35-37-29(17-19-41-35)27-9-3-5-11-31(27)45(37)21-7-1-2-8-22-46-32-12-6-4-10-28(32)30-18-20-42-36(38(30)46)26-14-16-34(40)44-24-26/h3-6,9-20,23-24H,1-2,7-8,21-22H2. The lowest BCUT2D eigenvalue weighted by atomic mass is 10.1. The van der Waals surface area contributed by atoms with Crippen LogP contribution in [0.4, 0.5) is 0 Å². The lowest BCUT2D eigenvalue weighted by Crippen LogP contribution is -2.02. The zero-order valence-corrected chi connectivity index (χ0v) is 26.6. The summed E-state index contributed by atoms with van der Waals surface area (Å²) in [6.45, 7) is 1.83. The van der Waals surface area contributed by atoms with E-state index in [-0.39, 0.29) is 0 Å². The number of pyridine rings is 4. The molecule has 0 unspecified atom stereocenters. The Bertz CT molecular complexity index is 2170. The van der Waals surface area contributed by atoms with Crippen molar-refractivity contribution in [3.8, 4) is 22.5 Å². The van der Waals surface area contributed by atoms with E-state index in [4.69, 9.17) is 33.2 Å². The van der Waals surface area contributed by atoms with Crippen LogP contribution < -0.4 is 0 Å². The van der Waals surface area contributed by atoms with Crippen LogP contribution in [0.25, 0.3) is 66.1 Å². The number of aryl methyl sites for hydroxylation is 2. The minimum absolute atomic E-state index is 0.479. The van der Waals surface area contributed by atoms with Crippen LogP contribution in [-0.2, 0) is 13.1 Å². The van der Waals surface area contributed by atoms with Crippen LogP contribution in [0.15, 0.2) is 110 Å². The molecule has 0 saturated carbocycles. The van der Waals surface area contributed by atoms with E-state index >= 15 is 0 Å². The quantitative estimate of drug-likeness (QED) is 0.116. The maximum atomic E-state index is 6.11. The molecule has 226 valence electrons. The van der Waals surface area contributed by atoms with E-state index in [0.717, 1.165) is 72.3 Å². The second-order valence-electron chi connectivity index (χ2n) is 11.6. The maximum absolute atomic E-state index is 6.11. The molecule has 0 radical (unpaired) electrons. The van der Waals surface area contributed by atoms with Crippen LogP contribution in [0.5, 0.6) is 0 Å². The monoisotopic (exact) mass is 640 g/mol. The van der Waals surface area contributed by atoms with Gasteiger partial charge in [0.05, 0.1) is 22.4 Å². The van der Waals surface area contributed by atoms with Crippen molar-refractivity contribution < 1.29 is 0 Å². The molecule has 0 aliphatic heterocycles. The van der Waals surface area contributed by atoms with E-state index in [1.807, 2.05) is 49.1 Å². The van der Waals surface area contributed by atoms with Crippen molar-refractivity contribution in [3.63, 3.8) is 0 Å². The lowest BCUT2D eigenvalue weighted by Gasteiger charge is -2.12. The predicted molar refractivity (Wildman–Crippen MR) is 189 cm³/mol. The van der Waals surface area contributed by atoms with Gasteiger partial charge in [-0.05, 0) is 61.4 Å². The van der Waals surface area contributed by atoms with Gasteiger partial charge in [0, 0.05) is 81.6 Å². The largest absolute Gasteiger partial charge is 0.339 e. The molecule has 2 aromatic carbocycles. The number of nitrogens with zero attached hydrogens (tertiary/aromatic N) is 6. The van der Waals surface area contributed by atoms with Crippen LogP contribution in [0, 0.1) is 0 Å². The summed E-state index contributed by atoms with van der Waals surface area (Å²) in [5.41, 5.74) is 8.56. The smallest absolute Gasteiger partial charge is 0.129 e. The highest BCUT2D eigenvalue weighted by atomic mass is 35.5. The first kappa shape index (κ1) is 28.7. The third kappa shape index (κ3) is 5.08. The fourth-order valence-electron chi connectivity index (χ4n) is 6.82. The number of hydrogen-bond donors (Lipinski definition) is 0. The van der Waals surface area contributed by atoms with Crippen LogP contribution in [0.1, 0.15) is 25.7 Å². The van der Waals surface area contributed by atoms with Crippen molar-refractivity contribution in [2.75, 3.05) is 0 Å². The Morgan fingerprint density at radius 1 is 0.457 bits per heavy atom. The molecule has 6 aromatic heterocycles. The number of hydrogen-bond acceptors (Lipinski definition) is 4. The molecule has 0 atom stereocenters. The summed E-state index contributed by atoms with van der Waals surface area (Å²) in [4.78, 5) is 18.3. The molecule has 8 heteroatoms. The maximum Gasteiger partial charge on any atom is 0.129 e. The molecule has 0 saturated heterocycles. The lowest BCUT2D eigenvalue weighted by molar-refractivity contribution is 0.559. The first-order chi connectivity index (χ1) is 22.7. The number of fused-ring (bicyclic) bond motifs is 6. The molecular formula is C38H30Cl2N6. The van der Waals surface area contributed by atoms with E-state index < -0.39 is 0 Å². The molecule has 0 amide bonds. The van der Waals surface area contributed by atoms with Crippen LogP contribution >= 0.6 is 23.2 Å². The molecule has 6 nitrogen and oxygen atoms in total. The summed E-state index contributed by atoms with van der Waals surface area (Å²) in [5.74, 6) is 0. The number of aromatic nitrogens is 6. The molecular weight excluding hydrogens is 611 g/mol. The van der Waals surface area contributed by atoms with Gasteiger partial charge in [0.1, 0.15) is 10.3 Å². The topological polar surface area (TPSA) is 61.4 Å². The van der Waals surface area contributed by atoms with Gasteiger partial charge in [-0.1, -0.05) is 72.4 Å². The zero-order valence-electron chi connectivity index (χ0n) is 25.1. The van der Waals surface area contributed by atoms with E-state index in [1.165, 1.54) is 32.6 Å². The number of benzene rings is 2. The molecule has 46 heavy (non-hydrogen) atoms. The SMILES string of the molecule is Clc1ccc(-c2nccc3c4ccccc4n(CCCCCCn4c5ccccc5c5ccnc(-c6ccc(Cl)nc6)c54)c23)cn1. The molecule has 0 aliphatic rings. The second kappa shape index (κ2) is 12.2. The van der Waals surface area contributed by atoms with E-state index in [9.17, 15) is 0 Å². The Morgan fingerprint density at radius 2 is 0.913 bits per heavy atom. The van der Waals surface area contributed by atoms with Gasteiger partial charge in [0.2, 0.25) is 0 Å². The fourth-order valence-corrected chi connectivity index (χ4v) is 7.04. The van der Waals surface area contributed by atoms with Crippen molar-refractivity contribution in [2.24, 2.45) is 0 Å². The Balaban J connectivity index is 1.04. The third-order valence-electron chi connectivity index (χ3n) is 8.87. The Hall–Kier alpha value is -4.78. The molecule has 0 bridgehead atoms. The van der Waals surface area contributed by atoms with E-state index in [2.05, 4.69) is 79.8 Å². The normalized spacial score (nSPS) is 11.8. The molecule has 0 aliphatic carbocycles. The summed E-state index contributed by atoms with van der Waals surface area (Å²) < 4.78 is 4.87. The van der Waals surface area contributed by atoms with Gasteiger partial charge < -0.3 is 9.13 Å². The first-order valence-electron chi connectivity index (χ1n) is 15.6. The molecule has 0 N–H and O–H groups in total. The van der Waals surface area contributed by atoms with Gasteiger partial charge in [-0.15, -0.1) is 0 Å². The van der Waals surface area contributed by atoms with E-state index in [1.54, 1.807) is 0 Å². The summed E-state index contributed by atoms with van der Waals surface area (Å²) >= 11 is 12.2. The van der Waals surface area contributed by atoms with Gasteiger partial charge in [0.25, 0.3) is 0 Å². The molecule has 8 aromatic rings. The Morgan fingerprint density at radius 3 is 1.35 bits per heavy atom. The highest BCUT2D eigenvalue weighted by Crippen LogP contribution is 2.36. The minimum Gasteiger partial charge on any atom is -0.339 e. The summed E-state index contributed by atoms with van der Waals surface area (Å²) in [6.07, 6.45) is 11.8. The van der Waals surface area contributed by atoms with Crippen molar-refractivity contribution in [2.45, 2.75) is 38.8 Å². The summed E-state index contributed by atoms with van der Waals surface area (Å²) in [5, 5.41) is 5.87. The van der Waals surface area contributed by atoms with Crippen molar-refractivity contribution in [1.29, 1.82) is 0 Å². The minimum atomic E-state index is 0.479. The third-order valence-corrected chi connectivity index (χ3v) is 9.32. The fraction of sp³-hybridized carbons (Fsp3) is 0.158. The molecule has 0 spiro atoms. The van der Waals surface area contributed by atoms with Crippen molar-refractivity contribution >= 4 is 66.8 Å². The number of unbranched alkanes of at least 4 members (excludes halogenated alkanes) is 3. The average Bonchev–Trinajstić information content (AvgIpc) is 3.60. The zero-order chi connectivity index (χ0) is 31.0. The van der Waals surface area contributed by atoms with Gasteiger partial charge in [-0.3, -0.25) is 9.97 Å². The summed E-state index contributed by atoms with van der Waals surface area (Å²) in [6, 6.07) is 29.2. The average molecular weight is 642 g/mol. The number of para-hydroxylation sites is 2. The van der Waals surface area contributed by atoms with Crippen molar-refractivity contribution in [3.05, 3.63) is 120 Å². The highest BCUT2D eigenvalue weighted by Gasteiger charge is 2.18. The predicted octanol–water partition coefficient (Wildman–Crippen LogP) is 10.4. The van der Waals surface area contributed by atoms with Crippen molar-refractivity contribution in [1.82, 2.24) is 29.1 Å². The Labute approximate surface area is 276 Å². The van der Waals surface area contributed by atoms with Gasteiger partial charge >= 0.3 is 0 Å². The van der Waals surface area contributed by atoms with Gasteiger partial charge in [-0.2, -0.15) is 0 Å². The number of rotatable bonds is 9. The second-order valence-corrected chi connectivity index (χ2v) is 12.4. The molecule has 8 rings (SSSR count). The van der Waals surface area contributed by atoms with E-state index in [0.29, 0.717) is 10.3 Å². The first-order valence-corrected chi connectivity index (χ1v) is 16.4.